The van der Waals surface area contributed by atoms with Gasteiger partial charge >= 0.3 is 15.6 Å². The van der Waals surface area contributed by atoms with E-state index in [9.17, 15) is 30.4 Å². The van der Waals surface area contributed by atoms with Crippen LogP contribution in [0, 0.1) is 0 Å². The fourth-order valence-corrected chi connectivity index (χ4v) is 2.72. The first kappa shape index (κ1) is 17.1. The molecule has 0 amide bonds. The van der Waals surface area contributed by atoms with Gasteiger partial charge in [0.2, 0.25) is 0 Å². The molecule has 2 rings (SSSR count). The number of benzene rings is 1. The zero-order valence-electron chi connectivity index (χ0n) is 11.1. The van der Waals surface area contributed by atoms with E-state index >= 15 is 0 Å². The molecule has 1 fully saturated rings. The first-order valence-corrected chi connectivity index (χ1v) is 7.56. The molecule has 0 bridgehead atoms. The summed E-state index contributed by atoms with van der Waals surface area (Å²) in [7, 11) is -6.06. The molecule has 0 saturated carbocycles. The van der Waals surface area contributed by atoms with Gasteiger partial charge in [-0.3, -0.25) is 9.08 Å². The molecule has 1 aliphatic heterocycles. The summed E-state index contributed by atoms with van der Waals surface area (Å²) in [5.41, 5.74) is -5.05. The molecule has 1 aromatic carbocycles. The third-order valence-electron chi connectivity index (χ3n) is 3.10. The molecule has 0 aromatic heterocycles. The van der Waals surface area contributed by atoms with E-state index in [0.29, 0.717) is 5.56 Å². The summed E-state index contributed by atoms with van der Waals surface area (Å²) >= 11 is 0. The van der Waals surface area contributed by atoms with Gasteiger partial charge in [-0.1, -0.05) is 30.3 Å². The monoisotopic (exact) mass is 345 g/mol. The average molecular weight is 345 g/mol. The lowest BCUT2D eigenvalue weighted by Crippen LogP contribution is -2.39. The quantitative estimate of drug-likeness (QED) is 0.478. The van der Waals surface area contributed by atoms with E-state index in [1.54, 1.807) is 30.3 Å². The number of hydrogen-bond acceptors (Lipinski definition) is 4. The van der Waals surface area contributed by atoms with E-state index in [0.717, 1.165) is 4.90 Å². The lowest BCUT2D eigenvalue weighted by molar-refractivity contribution is -0.0852. The van der Waals surface area contributed by atoms with Crippen LogP contribution in [0.5, 0.6) is 0 Å². The number of halogens is 5. The maximum Gasteiger partial charge on any atom is 0.523 e. The number of nitrogens with zero attached hydrogens (tertiary/aromatic N) is 1. The second-order valence-corrected chi connectivity index (χ2v) is 6.46. The smallest absolute Gasteiger partial charge is 0.290 e. The maximum absolute atomic E-state index is 13.7. The Balaban J connectivity index is 2.08. The molecule has 10 heteroatoms. The van der Waals surface area contributed by atoms with Crippen LogP contribution in [0.3, 0.4) is 0 Å². The number of rotatable bonds is 4. The van der Waals surface area contributed by atoms with Crippen molar-refractivity contribution in [1.29, 1.82) is 0 Å². The number of alkyl halides is 5. The second-order valence-electron chi connectivity index (χ2n) is 4.90. The number of hydrogen-bond donors (Lipinski definition) is 0. The molecule has 1 saturated heterocycles. The predicted octanol–water partition coefficient (Wildman–Crippen LogP) is 2.37. The minimum Gasteiger partial charge on any atom is -0.290 e. The van der Waals surface area contributed by atoms with Gasteiger partial charge in [0.15, 0.2) is 6.10 Å². The molecule has 0 radical (unpaired) electrons. The van der Waals surface area contributed by atoms with Crippen LogP contribution in [0.15, 0.2) is 30.3 Å². The summed E-state index contributed by atoms with van der Waals surface area (Å²) in [6, 6.07) is 8.43. The van der Waals surface area contributed by atoms with Gasteiger partial charge in [0.1, 0.15) is 0 Å². The van der Waals surface area contributed by atoms with Crippen LogP contribution in [0.25, 0.3) is 0 Å². The highest BCUT2D eigenvalue weighted by Gasteiger charge is 2.56. The molecule has 0 aliphatic carbocycles. The van der Waals surface area contributed by atoms with Crippen LogP contribution >= 0.6 is 0 Å². The SMILES string of the molecule is O=S(=O)(OC1CN(Cc2ccccc2)CC1(F)F)C(F)(F)F. The van der Waals surface area contributed by atoms with E-state index in [4.69, 9.17) is 0 Å². The highest BCUT2D eigenvalue weighted by molar-refractivity contribution is 7.87. The summed E-state index contributed by atoms with van der Waals surface area (Å²) in [4.78, 5) is 1.14. The first-order valence-electron chi connectivity index (χ1n) is 6.15. The minimum absolute atomic E-state index is 0.0579. The van der Waals surface area contributed by atoms with E-state index in [1.807, 2.05) is 0 Å². The van der Waals surface area contributed by atoms with Crippen LogP contribution in [0.2, 0.25) is 0 Å². The Labute approximate surface area is 123 Å². The number of likely N-dealkylation sites (tertiary alicyclic amines) is 1. The molecule has 4 nitrogen and oxygen atoms in total. The maximum atomic E-state index is 13.7. The summed E-state index contributed by atoms with van der Waals surface area (Å²) in [5.74, 6) is -3.69. The highest BCUT2D eigenvalue weighted by atomic mass is 32.2. The summed E-state index contributed by atoms with van der Waals surface area (Å²) < 4.78 is 89.4. The Kier molecular flexibility index (Phi) is 4.46. The third kappa shape index (κ3) is 3.73. The Morgan fingerprint density at radius 1 is 1.23 bits per heavy atom. The zero-order chi connectivity index (χ0) is 16.6. The minimum atomic E-state index is -6.06. The largest absolute Gasteiger partial charge is 0.523 e. The van der Waals surface area contributed by atoms with Gasteiger partial charge < -0.3 is 0 Å². The topological polar surface area (TPSA) is 46.6 Å². The predicted molar refractivity (Wildman–Crippen MR) is 66.5 cm³/mol. The normalized spacial score (nSPS) is 22.9. The lowest BCUT2D eigenvalue weighted by atomic mass is 10.2. The van der Waals surface area contributed by atoms with Crippen LogP contribution in [0.4, 0.5) is 22.0 Å². The van der Waals surface area contributed by atoms with Crippen molar-refractivity contribution < 1.29 is 34.6 Å². The van der Waals surface area contributed by atoms with Crippen LogP contribution < -0.4 is 0 Å². The first-order chi connectivity index (χ1) is 10.0. The van der Waals surface area contributed by atoms with Crippen LogP contribution in [-0.4, -0.2) is 43.9 Å². The van der Waals surface area contributed by atoms with E-state index in [1.165, 1.54) is 0 Å². The summed E-state index contributed by atoms with van der Waals surface area (Å²) in [5, 5.41) is 0. The summed E-state index contributed by atoms with van der Waals surface area (Å²) in [6.07, 6.45) is -2.36. The van der Waals surface area contributed by atoms with Gasteiger partial charge in [-0.2, -0.15) is 21.6 Å². The van der Waals surface area contributed by atoms with Crippen molar-refractivity contribution in [2.24, 2.45) is 0 Å². The average Bonchev–Trinajstić information content (AvgIpc) is 2.63. The second kappa shape index (κ2) is 5.74. The highest BCUT2D eigenvalue weighted by Crippen LogP contribution is 2.35. The molecular weight excluding hydrogens is 333 g/mol. The van der Waals surface area contributed by atoms with Crippen LogP contribution in [-0.2, 0) is 20.8 Å². The van der Waals surface area contributed by atoms with E-state index in [-0.39, 0.29) is 6.54 Å². The summed E-state index contributed by atoms with van der Waals surface area (Å²) in [6.45, 7) is -1.43. The molecule has 1 atom stereocenters. The fourth-order valence-electron chi connectivity index (χ4n) is 2.10. The van der Waals surface area contributed by atoms with Crippen molar-refractivity contribution in [2.75, 3.05) is 13.1 Å². The van der Waals surface area contributed by atoms with E-state index < -0.39 is 40.7 Å². The van der Waals surface area contributed by atoms with Gasteiger partial charge in [-0.25, -0.2) is 8.78 Å². The molecule has 22 heavy (non-hydrogen) atoms. The Morgan fingerprint density at radius 2 is 1.82 bits per heavy atom. The zero-order valence-corrected chi connectivity index (χ0v) is 11.9. The van der Waals surface area contributed by atoms with Crippen LogP contribution in [0.1, 0.15) is 5.56 Å². The molecule has 0 N–H and O–H groups in total. The van der Waals surface area contributed by atoms with Gasteiger partial charge in [0.05, 0.1) is 6.54 Å². The van der Waals surface area contributed by atoms with Crippen molar-refractivity contribution in [3.63, 3.8) is 0 Å². The Hall–Kier alpha value is -1.26. The Bertz CT molecular complexity index is 617. The Morgan fingerprint density at radius 3 is 2.36 bits per heavy atom. The van der Waals surface area contributed by atoms with Crippen molar-refractivity contribution >= 4 is 10.1 Å². The molecule has 1 unspecified atom stereocenters. The van der Waals surface area contributed by atoms with Crippen molar-refractivity contribution in [2.45, 2.75) is 24.1 Å². The molecule has 1 aromatic rings. The van der Waals surface area contributed by atoms with E-state index in [2.05, 4.69) is 4.18 Å². The molecule has 124 valence electrons. The van der Waals surface area contributed by atoms with Gasteiger partial charge in [-0.15, -0.1) is 0 Å². The third-order valence-corrected chi connectivity index (χ3v) is 4.16. The molecule has 1 aliphatic rings. The standard InChI is InChI=1S/C12H12F5NO3S/c13-11(14)8-18(6-9-4-2-1-3-5-9)7-10(11)21-22(19,20)12(15,16)17/h1-5,10H,6-8H2. The van der Waals surface area contributed by atoms with Crippen molar-refractivity contribution in [3.05, 3.63) is 35.9 Å². The van der Waals surface area contributed by atoms with Crippen molar-refractivity contribution in [3.8, 4) is 0 Å². The van der Waals surface area contributed by atoms with Gasteiger partial charge in [0, 0.05) is 13.1 Å². The van der Waals surface area contributed by atoms with Crippen molar-refractivity contribution in [1.82, 2.24) is 4.90 Å². The van der Waals surface area contributed by atoms with Gasteiger partial charge in [0.25, 0.3) is 5.92 Å². The van der Waals surface area contributed by atoms with Gasteiger partial charge in [-0.05, 0) is 5.56 Å². The lowest BCUT2D eigenvalue weighted by Gasteiger charge is -2.18. The molecular formula is C12H12F5NO3S. The molecule has 0 spiro atoms. The molecule has 1 heterocycles. The fraction of sp³-hybridized carbons (Fsp3) is 0.500.